The molecule has 0 N–H and O–H groups in total. The highest BCUT2D eigenvalue weighted by molar-refractivity contribution is 5.95. The zero-order chi connectivity index (χ0) is 20.1. The van der Waals surface area contributed by atoms with E-state index >= 15 is 0 Å². The Morgan fingerprint density at radius 3 is 2.11 bits per heavy atom. The molecule has 0 unspecified atom stereocenters. The number of hydrogen-bond acceptors (Lipinski definition) is 0. The van der Waals surface area contributed by atoms with E-state index in [0.717, 1.165) is 6.42 Å². The van der Waals surface area contributed by atoms with Gasteiger partial charge in [-0.1, -0.05) is 99.0 Å². The van der Waals surface area contributed by atoms with Crippen LogP contribution in [0.3, 0.4) is 0 Å². The third-order valence-electron chi connectivity index (χ3n) is 5.29. The van der Waals surface area contributed by atoms with Crippen molar-refractivity contribution in [2.24, 2.45) is 0 Å². The van der Waals surface area contributed by atoms with E-state index in [0.29, 0.717) is 0 Å². The van der Waals surface area contributed by atoms with Gasteiger partial charge in [0.25, 0.3) is 0 Å². The van der Waals surface area contributed by atoms with Crippen molar-refractivity contribution < 1.29 is 0 Å². The number of aryl methyl sites for hydroxylation is 3. The topological polar surface area (TPSA) is 0 Å². The molecule has 0 amide bonds. The summed E-state index contributed by atoms with van der Waals surface area (Å²) in [5, 5.41) is 5.27. The monoisotopic (exact) mass is 364 g/mol. The molecule has 0 aliphatic rings. The molecule has 0 bridgehead atoms. The fourth-order valence-electron chi connectivity index (χ4n) is 3.78. The van der Waals surface area contributed by atoms with Crippen LogP contribution in [0.4, 0.5) is 0 Å². The van der Waals surface area contributed by atoms with Crippen molar-refractivity contribution >= 4 is 33.7 Å². The van der Waals surface area contributed by atoms with Crippen molar-refractivity contribution in [2.45, 2.75) is 27.2 Å². The Hall–Kier alpha value is -3.12. The van der Waals surface area contributed by atoms with Crippen LogP contribution in [0.15, 0.2) is 79.9 Å². The average Bonchev–Trinajstić information content (AvgIpc) is 2.73. The Labute approximate surface area is 168 Å². The Balaban J connectivity index is 0.000000161. The molecule has 4 aromatic rings. The molecule has 140 valence electrons. The first-order valence-corrected chi connectivity index (χ1v) is 9.84. The van der Waals surface area contributed by atoms with Gasteiger partial charge in [0.05, 0.1) is 0 Å². The molecular formula is C28H28. The lowest BCUT2D eigenvalue weighted by Gasteiger charge is -2.08. The molecule has 0 heterocycles. The summed E-state index contributed by atoms with van der Waals surface area (Å²) in [5.74, 6) is 0. The van der Waals surface area contributed by atoms with Crippen LogP contribution < -0.4 is 0 Å². The molecular weight excluding hydrogens is 336 g/mol. The first-order chi connectivity index (χ1) is 13.6. The first-order valence-electron chi connectivity index (χ1n) is 9.84. The maximum absolute atomic E-state index is 3.86. The van der Waals surface area contributed by atoms with Crippen molar-refractivity contribution in [3.8, 4) is 0 Å². The highest BCUT2D eigenvalue weighted by Gasteiger charge is 2.03. The van der Waals surface area contributed by atoms with Gasteiger partial charge in [-0.2, -0.15) is 0 Å². The van der Waals surface area contributed by atoms with Crippen molar-refractivity contribution in [3.63, 3.8) is 0 Å². The number of fused-ring (bicyclic) bond motifs is 2. The largest absolute Gasteiger partial charge is 0.0984 e. The van der Waals surface area contributed by atoms with E-state index in [2.05, 4.69) is 101 Å². The fraction of sp³-hybridized carbons (Fsp3) is 0.143. The molecule has 4 rings (SSSR count). The molecule has 0 nitrogen and oxygen atoms in total. The van der Waals surface area contributed by atoms with Crippen molar-refractivity contribution in [3.05, 3.63) is 108 Å². The van der Waals surface area contributed by atoms with Crippen LogP contribution in [0.2, 0.25) is 0 Å². The van der Waals surface area contributed by atoms with Gasteiger partial charge in [-0.3, -0.25) is 0 Å². The molecule has 0 saturated heterocycles. The Morgan fingerprint density at radius 2 is 1.39 bits per heavy atom. The van der Waals surface area contributed by atoms with E-state index in [4.69, 9.17) is 0 Å². The lowest BCUT2D eigenvalue weighted by atomic mass is 9.97. The van der Waals surface area contributed by atoms with Gasteiger partial charge in [0.15, 0.2) is 0 Å². The second-order valence-corrected chi connectivity index (χ2v) is 7.14. The molecule has 4 aromatic carbocycles. The standard InChI is InChI=1S/2C14H14/c1-4-12-9-8-11(3)14-10(2)6-5-7-13(12)14;1-3-11-9-12(4-2)14-8-6-5-7-13(14)10-11/h4-9H,1H2,2-3H3;4-10H,2-3H2,1H3. The minimum Gasteiger partial charge on any atom is -0.0984 e. The highest BCUT2D eigenvalue weighted by Crippen LogP contribution is 2.26. The van der Waals surface area contributed by atoms with Gasteiger partial charge in [-0.05, 0) is 69.6 Å². The van der Waals surface area contributed by atoms with Gasteiger partial charge in [-0.15, -0.1) is 0 Å². The molecule has 28 heavy (non-hydrogen) atoms. The molecule has 0 atom stereocenters. The molecule has 0 aromatic heterocycles. The molecule has 0 radical (unpaired) electrons. The quantitative estimate of drug-likeness (QED) is 0.344. The van der Waals surface area contributed by atoms with Crippen molar-refractivity contribution in [2.75, 3.05) is 0 Å². The smallest absolute Gasteiger partial charge is 0.0106 e. The summed E-state index contributed by atoms with van der Waals surface area (Å²) < 4.78 is 0. The third-order valence-corrected chi connectivity index (χ3v) is 5.29. The van der Waals surface area contributed by atoms with E-state index in [-0.39, 0.29) is 0 Å². The zero-order valence-corrected chi connectivity index (χ0v) is 17.1. The summed E-state index contributed by atoms with van der Waals surface area (Å²) in [6.45, 7) is 14.2. The van der Waals surface area contributed by atoms with Crippen LogP contribution in [0.5, 0.6) is 0 Å². The van der Waals surface area contributed by atoms with Crippen molar-refractivity contribution in [1.29, 1.82) is 0 Å². The van der Waals surface area contributed by atoms with E-state index in [9.17, 15) is 0 Å². The minimum absolute atomic E-state index is 1.08. The molecule has 0 heteroatoms. The van der Waals surface area contributed by atoms with Crippen LogP contribution in [0, 0.1) is 13.8 Å². The number of rotatable bonds is 3. The summed E-state index contributed by atoms with van der Waals surface area (Å²) in [4.78, 5) is 0. The van der Waals surface area contributed by atoms with Gasteiger partial charge in [-0.25, -0.2) is 0 Å². The van der Waals surface area contributed by atoms with Crippen LogP contribution in [0.25, 0.3) is 33.7 Å². The van der Waals surface area contributed by atoms with E-state index in [1.165, 1.54) is 49.4 Å². The SMILES string of the molecule is C=Cc1cc(CC)cc2ccccc12.C=Cc1ccc(C)c2c(C)cccc12. The predicted octanol–water partition coefficient (Wildman–Crippen LogP) is 8.14. The highest BCUT2D eigenvalue weighted by atomic mass is 14.1. The molecule has 0 aliphatic carbocycles. The summed E-state index contributed by atoms with van der Waals surface area (Å²) in [7, 11) is 0. The van der Waals surface area contributed by atoms with Crippen LogP contribution in [-0.2, 0) is 6.42 Å². The number of benzene rings is 4. The van der Waals surface area contributed by atoms with Crippen LogP contribution >= 0.6 is 0 Å². The molecule has 0 aliphatic heterocycles. The van der Waals surface area contributed by atoms with E-state index < -0.39 is 0 Å². The Bertz CT molecular complexity index is 1140. The Kier molecular flexibility index (Phi) is 6.11. The normalized spacial score (nSPS) is 10.4. The van der Waals surface area contributed by atoms with Gasteiger partial charge in [0.1, 0.15) is 0 Å². The average molecular weight is 365 g/mol. The van der Waals surface area contributed by atoms with E-state index in [1.54, 1.807) is 0 Å². The summed E-state index contributed by atoms with van der Waals surface area (Å²) in [6.07, 6.45) is 4.92. The maximum atomic E-state index is 3.86. The zero-order valence-electron chi connectivity index (χ0n) is 17.1. The Morgan fingerprint density at radius 1 is 0.714 bits per heavy atom. The first kappa shape index (κ1) is 19.6. The maximum Gasteiger partial charge on any atom is -0.0106 e. The predicted molar refractivity (Wildman–Crippen MR) is 127 cm³/mol. The third kappa shape index (κ3) is 3.92. The fourth-order valence-corrected chi connectivity index (χ4v) is 3.78. The molecule has 0 fully saturated rings. The van der Waals surface area contributed by atoms with Gasteiger partial charge in [0, 0.05) is 0 Å². The van der Waals surface area contributed by atoms with Crippen LogP contribution in [0.1, 0.15) is 34.7 Å². The summed E-state index contributed by atoms with van der Waals surface area (Å²) >= 11 is 0. The van der Waals surface area contributed by atoms with E-state index in [1.807, 2.05) is 12.2 Å². The second-order valence-electron chi connectivity index (χ2n) is 7.14. The van der Waals surface area contributed by atoms with Gasteiger partial charge in [0.2, 0.25) is 0 Å². The minimum atomic E-state index is 1.08. The lowest BCUT2D eigenvalue weighted by molar-refractivity contribution is 1.14. The number of hydrogen-bond donors (Lipinski definition) is 0. The summed E-state index contributed by atoms with van der Waals surface area (Å²) in [5.41, 5.74) is 6.50. The van der Waals surface area contributed by atoms with Gasteiger partial charge < -0.3 is 0 Å². The second kappa shape index (κ2) is 8.71. The lowest BCUT2D eigenvalue weighted by Crippen LogP contribution is -1.85. The van der Waals surface area contributed by atoms with Gasteiger partial charge >= 0.3 is 0 Å². The summed E-state index contributed by atoms with van der Waals surface area (Å²) in [6, 6.07) is 23.6. The molecule has 0 spiro atoms. The molecule has 0 saturated carbocycles. The van der Waals surface area contributed by atoms with Crippen LogP contribution in [-0.4, -0.2) is 0 Å². The van der Waals surface area contributed by atoms with Crippen molar-refractivity contribution in [1.82, 2.24) is 0 Å².